The van der Waals surface area contributed by atoms with Crippen LogP contribution in [0.15, 0.2) is 41.1 Å². The first kappa shape index (κ1) is 21.6. The molecule has 0 aliphatic heterocycles. The fraction of sp³-hybridized carbons (Fsp3) is 0.364. The van der Waals surface area contributed by atoms with Crippen LogP contribution in [0.3, 0.4) is 0 Å². The molecule has 1 heterocycles. The minimum absolute atomic E-state index is 0.622. The first-order valence-corrected chi connectivity index (χ1v) is 11.1. The SMILES string of the molecule is C=C1CCc2c1cc1c(c2N)CCC1.C=CN.CC(C)c1csc(SN)c1. The quantitative estimate of drug-likeness (QED) is 0.449. The highest BCUT2D eigenvalue weighted by atomic mass is 32.2. The number of thiophene rings is 1. The van der Waals surface area contributed by atoms with Gasteiger partial charge in [0.1, 0.15) is 0 Å². The summed E-state index contributed by atoms with van der Waals surface area (Å²) in [6.45, 7) is 11.6. The van der Waals surface area contributed by atoms with E-state index in [0.717, 1.165) is 18.5 Å². The van der Waals surface area contributed by atoms with E-state index in [1.165, 1.54) is 75.0 Å². The van der Waals surface area contributed by atoms with Gasteiger partial charge in [0.2, 0.25) is 0 Å². The monoisotopic (exact) mass is 401 g/mol. The zero-order chi connectivity index (χ0) is 20.0. The van der Waals surface area contributed by atoms with Gasteiger partial charge in [-0.2, -0.15) is 0 Å². The van der Waals surface area contributed by atoms with E-state index >= 15 is 0 Å². The Balaban J connectivity index is 0.000000178. The molecule has 0 radical (unpaired) electrons. The number of rotatable bonds is 2. The van der Waals surface area contributed by atoms with Crippen LogP contribution < -0.4 is 16.6 Å². The number of allylic oxidation sites excluding steroid dienone is 1. The van der Waals surface area contributed by atoms with E-state index in [0.29, 0.717) is 5.92 Å². The summed E-state index contributed by atoms with van der Waals surface area (Å²) in [5.74, 6) is 0.622. The van der Waals surface area contributed by atoms with Crippen molar-refractivity contribution in [1.29, 1.82) is 0 Å². The van der Waals surface area contributed by atoms with E-state index in [9.17, 15) is 0 Å². The summed E-state index contributed by atoms with van der Waals surface area (Å²) in [7, 11) is 0. The molecule has 1 aromatic carbocycles. The van der Waals surface area contributed by atoms with Gasteiger partial charge >= 0.3 is 0 Å². The predicted octanol–water partition coefficient (Wildman–Crippen LogP) is 5.64. The summed E-state index contributed by atoms with van der Waals surface area (Å²) in [5.41, 5.74) is 20.2. The van der Waals surface area contributed by atoms with E-state index in [1.54, 1.807) is 11.3 Å². The number of nitrogen functional groups attached to an aromatic ring is 1. The van der Waals surface area contributed by atoms with Crippen molar-refractivity contribution < 1.29 is 0 Å². The second kappa shape index (κ2) is 10.0. The molecule has 0 fully saturated rings. The molecular weight excluding hydrogens is 370 g/mol. The van der Waals surface area contributed by atoms with Gasteiger partial charge in [-0.25, -0.2) is 0 Å². The van der Waals surface area contributed by atoms with Crippen LogP contribution >= 0.6 is 23.3 Å². The highest BCUT2D eigenvalue weighted by molar-refractivity contribution is 7.99. The molecule has 146 valence electrons. The third kappa shape index (κ3) is 5.18. The van der Waals surface area contributed by atoms with Crippen molar-refractivity contribution in [3.8, 4) is 0 Å². The van der Waals surface area contributed by atoms with Crippen LogP contribution in [0.4, 0.5) is 5.69 Å². The number of aryl methyl sites for hydroxylation is 1. The number of hydrogen-bond acceptors (Lipinski definition) is 5. The highest BCUT2D eigenvalue weighted by Gasteiger charge is 2.23. The third-order valence-electron chi connectivity index (χ3n) is 4.99. The second-order valence-electron chi connectivity index (χ2n) is 7.12. The lowest BCUT2D eigenvalue weighted by Crippen LogP contribution is -1.99. The van der Waals surface area contributed by atoms with Crippen LogP contribution in [-0.4, -0.2) is 0 Å². The molecule has 6 N–H and O–H groups in total. The molecule has 4 rings (SSSR count). The Morgan fingerprint density at radius 2 is 1.85 bits per heavy atom. The molecule has 3 nitrogen and oxygen atoms in total. The molecule has 1 aromatic heterocycles. The Morgan fingerprint density at radius 1 is 1.15 bits per heavy atom. The second-order valence-corrected chi connectivity index (χ2v) is 8.96. The molecule has 0 atom stereocenters. The molecule has 0 spiro atoms. The molecule has 2 aliphatic carbocycles. The minimum atomic E-state index is 0.622. The van der Waals surface area contributed by atoms with Crippen molar-refractivity contribution in [3.63, 3.8) is 0 Å². The smallest absolute Gasteiger partial charge is 0.0752 e. The molecule has 2 aromatic rings. The van der Waals surface area contributed by atoms with Crippen molar-refractivity contribution in [1.82, 2.24) is 0 Å². The summed E-state index contributed by atoms with van der Waals surface area (Å²) in [4.78, 5) is 0. The largest absolute Gasteiger partial charge is 0.405 e. The average Bonchev–Trinajstić information content (AvgIpc) is 3.37. The normalized spacial score (nSPS) is 14.0. The van der Waals surface area contributed by atoms with Gasteiger partial charge in [0.05, 0.1) is 4.21 Å². The third-order valence-corrected chi connectivity index (χ3v) is 6.66. The minimum Gasteiger partial charge on any atom is -0.405 e. The van der Waals surface area contributed by atoms with Crippen molar-refractivity contribution in [3.05, 3.63) is 64.7 Å². The van der Waals surface area contributed by atoms with Gasteiger partial charge in [0.15, 0.2) is 0 Å². The molecule has 27 heavy (non-hydrogen) atoms. The summed E-state index contributed by atoms with van der Waals surface area (Å²) in [6, 6.07) is 4.49. The number of anilines is 1. The zero-order valence-electron chi connectivity index (χ0n) is 16.4. The average molecular weight is 402 g/mol. The maximum atomic E-state index is 6.21. The van der Waals surface area contributed by atoms with E-state index in [4.69, 9.17) is 10.9 Å². The van der Waals surface area contributed by atoms with Gasteiger partial charge in [0, 0.05) is 5.69 Å². The van der Waals surface area contributed by atoms with Gasteiger partial charge in [-0.3, -0.25) is 5.14 Å². The van der Waals surface area contributed by atoms with Gasteiger partial charge in [-0.05, 0) is 101 Å². The van der Waals surface area contributed by atoms with Gasteiger partial charge in [-0.15, -0.1) is 11.3 Å². The van der Waals surface area contributed by atoms with Crippen molar-refractivity contribution in [2.75, 3.05) is 5.73 Å². The number of nitrogens with two attached hydrogens (primary N) is 3. The highest BCUT2D eigenvalue weighted by Crippen LogP contribution is 2.40. The van der Waals surface area contributed by atoms with Crippen LogP contribution in [0.5, 0.6) is 0 Å². The summed E-state index contributed by atoms with van der Waals surface area (Å²) in [5, 5.41) is 7.56. The topological polar surface area (TPSA) is 78.1 Å². The summed E-state index contributed by atoms with van der Waals surface area (Å²) in [6.07, 6.45) is 7.12. The van der Waals surface area contributed by atoms with Crippen molar-refractivity contribution in [2.45, 2.75) is 56.1 Å². The van der Waals surface area contributed by atoms with Gasteiger partial charge < -0.3 is 11.5 Å². The lowest BCUT2D eigenvalue weighted by molar-refractivity contribution is 0.870. The standard InChI is InChI=1S/C13H15N.C7H11NS2.C2H5N/c1-8-5-6-11-12(8)7-9-3-2-4-10(9)13(11)14;1-5(2)6-3-7(10-8)9-4-6;1-2-3/h7H,1-6,14H2;3-5H,8H2,1-2H3;2H,1,3H2. The number of fused-ring (bicyclic) bond motifs is 2. The maximum Gasteiger partial charge on any atom is 0.0752 e. The maximum absolute atomic E-state index is 6.21. The Kier molecular flexibility index (Phi) is 8.02. The van der Waals surface area contributed by atoms with E-state index in [-0.39, 0.29) is 0 Å². The van der Waals surface area contributed by atoms with E-state index < -0.39 is 0 Å². The van der Waals surface area contributed by atoms with Crippen molar-refractivity contribution in [2.24, 2.45) is 10.9 Å². The van der Waals surface area contributed by atoms with Crippen LogP contribution in [0.1, 0.15) is 60.4 Å². The van der Waals surface area contributed by atoms with Crippen LogP contribution in [-0.2, 0) is 19.3 Å². The zero-order valence-corrected chi connectivity index (χ0v) is 18.0. The molecule has 2 aliphatic rings. The molecule has 0 bridgehead atoms. The fourth-order valence-electron chi connectivity index (χ4n) is 3.51. The first-order valence-electron chi connectivity index (χ1n) is 9.31. The lowest BCUT2D eigenvalue weighted by Gasteiger charge is -2.10. The fourth-order valence-corrected chi connectivity index (χ4v) is 4.88. The van der Waals surface area contributed by atoms with Gasteiger partial charge in [-0.1, -0.05) is 33.1 Å². The first-order chi connectivity index (χ1) is 12.9. The molecule has 5 heteroatoms. The number of hydrogen-bond donors (Lipinski definition) is 3. The molecular formula is C22H31N3S2. The van der Waals surface area contributed by atoms with Gasteiger partial charge in [0.25, 0.3) is 0 Å². The van der Waals surface area contributed by atoms with E-state index in [1.807, 2.05) is 0 Å². The lowest BCUT2D eigenvalue weighted by atomic mass is 9.98. The van der Waals surface area contributed by atoms with Crippen LogP contribution in [0.2, 0.25) is 0 Å². The molecule has 0 saturated heterocycles. The molecule has 0 saturated carbocycles. The Labute approximate surface area is 171 Å². The van der Waals surface area contributed by atoms with Crippen molar-refractivity contribution >= 4 is 34.5 Å². The Morgan fingerprint density at radius 3 is 2.41 bits per heavy atom. The molecule has 0 unspecified atom stereocenters. The van der Waals surface area contributed by atoms with E-state index in [2.05, 4.69) is 50.3 Å². The van der Waals surface area contributed by atoms with Crippen LogP contribution in [0.25, 0.3) is 5.57 Å². The number of benzene rings is 1. The van der Waals surface area contributed by atoms with Crippen LogP contribution in [0, 0.1) is 0 Å². The molecule has 0 amide bonds. The Bertz CT molecular complexity index is 806. The predicted molar refractivity (Wildman–Crippen MR) is 123 cm³/mol. The summed E-state index contributed by atoms with van der Waals surface area (Å²) < 4.78 is 1.20. The Hall–Kier alpha value is -1.69. The summed E-state index contributed by atoms with van der Waals surface area (Å²) >= 11 is 3.04.